The normalized spacial score (nSPS) is 20.8. The summed E-state index contributed by atoms with van der Waals surface area (Å²) in [6.07, 6.45) is 1.27. The van der Waals surface area contributed by atoms with Crippen LogP contribution in [0.2, 0.25) is 0 Å². The third-order valence-electron chi connectivity index (χ3n) is 4.37. The Kier molecular flexibility index (Phi) is 4.99. The van der Waals surface area contributed by atoms with Crippen LogP contribution in [-0.2, 0) is 0 Å². The molecule has 3 heteroatoms. The molecule has 0 aromatic carbocycles. The van der Waals surface area contributed by atoms with E-state index >= 15 is 0 Å². The molecule has 0 aromatic rings. The van der Waals surface area contributed by atoms with Crippen LogP contribution in [0.5, 0.6) is 0 Å². The molecule has 17 heavy (non-hydrogen) atoms. The number of hydrogen-bond acceptors (Lipinski definition) is 3. The molecule has 1 rings (SSSR count). The van der Waals surface area contributed by atoms with Crippen LogP contribution < -0.4 is 5.73 Å². The molecule has 0 spiro atoms. The van der Waals surface area contributed by atoms with Gasteiger partial charge in [0.2, 0.25) is 0 Å². The Morgan fingerprint density at radius 2 is 1.41 bits per heavy atom. The maximum atomic E-state index is 6.27. The molecule has 2 N–H and O–H groups in total. The molecule has 0 radical (unpaired) electrons. The van der Waals surface area contributed by atoms with Gasteiger partial charge in [-0.15, -0.1) is 0 Å². The first-order valence-corrected chi connectivity index (χ1v) is 7.00. The van der Waals surface area contributed by atoms with E-state index in [2.05, 4.69) is 44.4 Å². The van der Waals surface area contributed by atoms with Crippen molar-refractivity contribution >= 4 is 0 Å². The van der Waals surface area contributed by atoms with Gasteiger partial charge in [-0.1, -0.05) is 20.8 Å². The van der Waals surface area contributed by atoms with Crippen molar-refractivity contribution in [2.24, 2.45) is 11.1 Å². The first-order chi connectivity index (χ1) is 7.76. The van der Waals surface area contributed by atoms with Gasteiger partial charge in [0.15, 0.2) is 0 Å². The fourth-order valence-electron chi connectivity index (χ4n) is 2.25. The Balaban J connectivity index is 2.40. The van der Waals surface area contributed by atoms with Crippen LogP contribution in [-0.4, -0.2) is 54.6 Å². The minimum absolute atomic E-state index is 0.118. The van der Waals surface area contributed by atoms with Crippen LogP contribution in [0.3, 0.4) is 0 Å². The van der Waals surface area contributed by atoms with Gasteiger partial charge in [-0.2, -0.15) is 0 Å². The summed E-state index contributed by atoms with van der Waals surface area (Å²) in [7, 11) is 0. The van der Waals surface area contributed by atoms with E-state index in [0.717, 1.165) is 6.54 Å². The molecule has 1 saturated heterocycles. The molecule has 0 aliphatic carbocycles. The smallest absolute Gasteiger partial charge is 0.0161 e. The summed E-state index contributed by atoms with van der Waals surface area (Å²) in [6.45, 7) is 18.3. The first-order valence-electron chi connectivity index (χ1n) is 7.00. The fourth-order valence-corrected chi connectivity index (χ4v) is 2.25. The average molecular weight is 241 g/mol. The molecule has 102 valence electrons. The molecule has 0 saturated carbocycles. The van der Waals surface area contributed by atoms with Crippen LogP contribution in [0.15, 0.2) is 0 Å². The largest absolute Gasteiger partial charge is 0.325 e. The highest BCUT2D eigenvalue weighted by Gasteiger charge is 2.35. The second kappa shape index (κ2) is 5.68. The SMILES string of the molecule is CCCN1CCN(CC(C)(C)C(C)(C)N)CC1. The van der Waals surface area contributed by atoms with Gasteiger partial charge >= 0.3 is 0 Å². The number of nitrogens with zero attached hydrogens (tertiary/aromatic N) is 2. The second-order valence-electron chi connectivity index (χ2n) is 6.72. The average Bonchev–Trinajstić information content (AvgIpc) is 2.19. The summed E-state index contributed by atoms with van der Waals surface area (Å²) in [5.74, 6) is 0. The maximum absolute atomic E-state index is 6.27. The van der Waals surface area contributed by atoms with Gasteiger partial charge in [-0.05, 0) is 32.2 Å². The Labute approximate surface area is 107 Å². The van der Waals surface area contributed by atoms with Gasteiger partial charge in [0.05, 0.1) is 0 Å². The van der Waals surface area contributed by atoms with Gasteiger partial charge in [0.25, 0.3) is 0 Å². The van der Waals surface area contributed by atoms with Crippen molar-refractivity contribution in [2.45, 2.75) is 46.6 Å². The van der Waals surface area contributed by atoms with E-state index in [1.54, 1.807) is 0 Å². The Morgan fingerprint density at radius 1 is 0.941 bits per heavy atom. The van der Waals surface area contributed by atoms with Crippen LogP contribution in [0, 0.1) is 5.41 Å². The molecule has 1 aliphatic heterocycles. The van der Waals surface area contributed by atoms with E-state index in [0.29, 0.717) is 0 Å². The molecular weight excluding hydrogens is 210 g/mol. The molecule has 1 heterocycles. The van der Waals surface area contributed by atoms with Crippen molar-refractivity contribution in [3.05, 3.63) is 0 Å². The van der Waals surface area contributed by atoms with Crippen molar-refractivity contribution in [1.82, 2.24) is 9.80 Å². The van der Waals surface area contributed by atoms with E-state index in [9.17, 15) is 0 Å². The number of hydrogen-bond donors (Lipinski definition) is 1. The zero-order valence-corrected chi connectivity index (χ0v) is 12.4. The lowest BCUT2D eigenvalue weighted by atomic mass is 9.75. The fraction of sp³-hybridized carbons (Fsp3) is 1.00. The number of piperazine rings is 1. The molecule has 0 aromatic heterocycles. The van der Waals surface area contributed by atoms with Crippen molar-refractivity contribution in [1.29, 1.82) is 0 Å². The van der Waals surface area contributed by atoms with Crippen molar-refractivity contribution in [2.75, 3.05) is 39.3 Å². The summed E-state index contributed by atoms with van der Waals surface area (Å²) >= 11 is 0. The summed E-state index contributed by atoms with van der Waals surface area (Å²) in [5, 5.41) is 0. The topological polar surface area (TPSA) is 32.5 Å². The van der Waals surface area contributed by atoms with Crippen LogP contribution in [0.1, 0.15) is 41.0 Å². The molecule has 1 aliphatic rings. The first kappa shape index (κ1) is 14.9. The highest BCUT2D eigenvalue weighted by Crippen LogP contribution is 2.29. The zero-order valence-electron chi connectivity index (χ0n) is 12.4. The lowest BCUT2D eigenvalue weighted by Gasteiger charge is -2.44. The number of rotatable bonds is 5. The van der Waals surface area contributed by atoms with Gasteiger partial charge in [-0.3, -0.25) is 0 Å². The van der Waals surface area contributed by atoms with Crippen LogP contribution in [0.4, 0.5) is 0 Å². The molecule has 0 atom stereocenters. The van der Waals surface area contributed by atoms with Crippen molar-refractivity contribution < 1.29 is 0 Å². The molecule has 0 bridgehead atoms. The number of nitrogens with two attached hydrogens (primary N) is 1. The quantitative estimate of drug-likeness (QED) is 0.796. The standard InChI is InChI=1S/C14H31N3/c1-6-7-16-8-10-17(11-9-16)12-13(2,3)14(4,5)15/h6-12,15H2,1-5H3. The highest BCUT2D eigenvalue weighted by molar-refractivity contribution is 4.93. The van der Waals surface area contributed by atoms with E-state index in [1.165, 1.54) is 39.1 Å². The van der Waals surface area contributed by atoms with Crippen LogP contribution in [0.25, 0.3) is 0 Å². The molecule has 1 fully saturated rings. The van der Waals surface area contributed by atoms with E-state index in [1.807, 2.05) is 0 Å². The predicted molar refractivity (Wildman–Crippen MR) is 75.2 cm³/mol. The lowest BCUT2D eigenvalue weighted by Crippen LogP contribution is -2.56. The Bertz CT molecular complexity index is 222. The summed E-state index contributed by atoms with van der Waals surface area (Å²) in [5.41, 5.74) is 6.32. The Morgan fingerprint density at radius 3 is 1.82 bits per heavy atom. The minimum atomic E-state index is -0.118. The predicted octanol–water partition coefficient (Wildman–Crippen LogP) is 1.78. The third kappa shape index (κ3) is 4.23. The third-order valence-corrected chi connectivity index (χ3v) is 4.37. The highest BCUT2D eigenvalue weighted by atomic mass is 15.3. The van der Waals surface area contributed by atoms with Crippen molar-refractivity contribution in [3.8, 4) is 0 Å². The summed E-state index contributed by atoms with van der Waals surface area (Å²) < 4.78 is 0. The minimum Gasteiger partial charge on any atom is -0.325 e. The molecule has 0 unspecified atom stereocenters. The monoisotopic (exact) mass is 241 g/mol. The summed E-state index contributed by atoms with van der Waals surface area (Å²) in [6, 6.07) is 0. The van der Waals surface area contributed by atoms with Gasteiger partial charge < -0.3 is 15.5 Å². The van der Waals surface area contributed by atoms with Crippen LogP contribution >= 0.6 is 0 Å². The molecule has 3 nitrogen and oxygen atoms in total. The van der Waals surface area contributed by atoms with Crippen molar-refractivity contribution in [3.63, 3.8) is 0 Å². The molecular formula is C14H31N3. The summed E-state index contributed by atoms with van der Waals surface area (Å²) in [4.78, 5) is 5.14. The van der Waals surface area contributed by atoms with Gasteiger partial charge in [0.1, 0.15) is 0 Å². The zero-order chi connectivity index (χ0) is 13.1. The van der Waals surface area contributed by atoms with E-state index in [4.69, 9.17) is 5.73 Å². The van der Waals surface area contributed by atoms with Gasteiger partial charge in [0, 0.05) is 38.3 Å². The maximum Gasteiger partial charge on any atom is 0.0161 e. The lowest BCUT2D eigenvalue weighted by molar-refractivity contribution is 0.0681. The van der Waals surface area contributed by atoms with Gasteiger partial charge in [-0.25, -0.2) is 0 Å². The van der Waals surface area contributed by atoms with E-state index in [-0.39, 0.29) is 11.0 Å². The van der Waals surface area contributed by atoms with E-state index < -0.39 is 0 Å². The molecule has 0 amide bonds. The Hall–Kier alpha value is -0.120. The second-order valence-corrected chi connectivity index (χ2v) is 6.72.